The minimum atomic E-state index is -0.0462. The van der Waals surface area contributed by atoms with Crippen LogP contribution in [0.5, 0.6) is 0 Å². The maximum Gasteiger partial charge on any atom is 0.202 e. The Hall–Kier alpha value is -1.13. The van der Waals surface area contributed by atoms with Crippen LogP contribution in [0.2, 0.25) is 0 Å². The second-order valence-electron chi connectivity index (χ2n) is 3.01. The molecule has 0 aliphatic carbocycles. The normalized spacial score (nSPS) is 12.3. The minimum Gasteiger partial charge on any atom is -0.358 e. The van der Waals surface area contributed by atoms with Crippen molar-refractivity contribution in [2.45, 2.75) is 5.38 Å². The van der Waals surface area contributed by atoms with Gasteiger partial charge < -0.3 is 5.32 Å². The fraction of sp³-hybridized carbons (Fsp3) is 0.200. The van der Waals surface area contributed by atoms with Crippen LogP contribution < -0.4 is 5.32 Å². The van der Waals surface area contributed by atoms with Crippen LogP contribution >= 0.6 is 23.1 Å². The first-order valence-electron chi connectivity index (χ1n) is 4.56. The number of halogens is 1. The molecule has 1 aromatic carbocycles. The summed E-state index contributed by atoms with van der Waals surface area (Å²) < 4.78 is 3.90. The number of nitrogens with zero attached hydrogens (tertiary/aromatic N) is 2. The van der Waals surface area contributed by atoms with Crippen LogP contribution in [0, 0.1) is 0 Å². The van der Waals surface area contributed by atoms with Crippen LogP contribution in [0.1, 0.15) is 10.9 Å². The molecule has 3 nitrogen and oxygen atoms in total. The number of hydrogen-bond acceptors (Lipinski definition) is 4. The van der Waals surface area contributed by atoms with Crippen molar-refractivity contribution >= 4 is 28.3 Å². The van der Waals surface area contributed by atoms with Gasteiger partial charge in [-0.25, -0.2) is 4.98 Å². The van der Waals surface area contributed by atoms with Gasteiger partial charge in [0.15, 0.2) is 0 Å². The van der Waals surface area contributed by atoms with Crippen molar-refractivity contribution in [2.24, 2.45) is 0 Å². The third kappa shape index (κ3) is 2.91. The molecule has 0 amide bonds. The molecule has 0 aliphatic rings. The van der Waals surface area contributed by atoms with Crippen molar-refractivity contribution in [3.8, 4) is 0 Å². The molecular weight excluding hydrogens is 230 g/mol. The summed E-state index contributed by atoms with van der Waals surface area (Å²) in [7, 11) is 0. The van der Waals surface area contributed by atoms with Crippen molar-refractivity contribution in [3.63, 3.8) is 0 Å². The maximum atomic E-state index is 6.22. The highest BCUT2D eigenvalue weighted by atomic mass is 35.5. The predicted molar refractivity (Wildman–Crippen MR) is 63.4 cm³/mol. The van der Waals surface area contributed by atoms with E-state index in [9.17, 15) is 0 Å². The number of anilines is 1. The van der Waals surface area contributed by atoms with Crippen molar-refractivity contribution in [2.75, 3.05) is 11.9 Å². The fourth-order valence-corrected chi connectivity index (χ4v) is 1.87. The molecule has 0 radical (unpaired) electrons. The highest BCUT2D eigenvalue weighted by Gasteiger charge is 2.07. The van der Waals surface area contributed by atoms with E-state index in [1.165, 1.54) is 17.9 Å². The topological polar surface area (TPSA) is 37.8 Å². The van der Waals surface area contributed by atoms with Crippen LogP contribution in [0.25, 0.3) is 0 Å². The Morgan fingerprint density at radius 1 is 1.33 bits per heavy atom. The lowest BCUT2D eigenvalue weighted by Gasteiger charge is -2.09. The number of nitrogens with one attached hydrogen (secondary N) is 1. The van der Waals surface area contributed by atoms with E-state index in [1.807, 2.05) is 30.3 Å². The number of hydrogen-bond donors (Lipinski definition) is 1. The van der Waals surface area contributed by atoms with Crippen molar-refractivity contribution in [1.29, 1.82) is 0 Å². The zero-order valence-corrected chi connectivity index (χ0v) is 9.50. The first-order valence-corrected chi connectivity index (χ1v) is 5.77. The smallest absolute Gasteiger partial charge is 0.202 e. The molecule has 78 valence electrons. The molecule has 1 atom stereocenters. The maximum absolute atomic E-state index is 6.22. The van der Waals surface area contributed by atoms with Gasteiger partial charge >= 0.3 is 0 Å². The number of aromatic nitrogens is 2. The monoisotopic (exact) mass is 239 g/mol. The van der Waals surface area contributed by atoms with Crippen LogP contribution in [0.4, 0.5) is 5.13 Å². The summed E-state index contributed by atoms with van der Waals surface area (Å²) >= 11 is 7.55. The van der Waals surface area contributed by atoms with Crippen molar-refractivity contribution < 1.29 is 0 Å². The summed E-state index contributed by atoms with van der Waals surface area (Å²) in [6, 6.07) is 9.97. The predicted octanol–water partition coefficient (Wildman–Crippen LogP) is 2.93. The molecule has 0 aliphatic heterocycles. The van der Waals surface area contributed by atoms with Gasteiger partial charge in [-0.15, -0.1) is 11.6 Å². The highest BCUT2D eigenvalue weighted by Crippen LogP contribution is 2.20. The summed E-state index contributed by atoms with van der Waals surface area (Å²) in [5.74, 6) is 0. The molecular formula is C10H10ClN3S. The lowest BCUT2D eigenvalue weighted by molar-refractivity contribution is 0.974. The van der Waals surface area contributed by atoms with Gasteiger partial charge in [0, 0.05) is 18.1 Å². The fourth-order valence-electron chi connectivity index (χ4n) is 1.21. The third-order valence-corrected chi connectivity index (χ3v) is 2.98. The van der Waals surface area contributed by atoms with Crippen LogP contribution in [-0.4, -0.2) is 15.9 Å². The van der Waals surface area contributed by atoms with E-state index in [4.69, 9.17) is 11.6 Å². The minimum absolute atomic E-state index is 0.0462. The van der Waals surface area contributed by atoms with E-state index in [0.717, 1.165) is 10.7 Å². The standard InChI is InChI=1S/C10H10ClN3S/c11-9(8-4-2-1-3-5-8)6-12-10-13-7-14-15-10/h1-5,7,9H,6H2,(H,12,13,14). The summed E-state index contributed by atoms with van der Waals surface area (Å²) in [5.41, 5.74) is 1.11. The van der Waals surface area contributed by atoms with Gasteiger partial charge in [-0.2, -0.15) is 4.37 Å². The Labute approximate surface area is 97.3 Å². The molecule has 2 aromatic rings. The van der Waals surface area contributed by atoms with E-state index >= 15 is 0 Å². The zero-order chi connectivity index (χ0) is 10.5. The van der Waals surface area contributed by atoms with E-state index in [2.05, 4.69) is 14.7 Å². The SMILES string of the molecule is ClC(CNc1ncns1)c1ccccc1. The van der Waals surface area contributed by atoms with Crippen molar-refractivity contribution in [1.82, 2.24) is 9.36 Å². The summed E-state index contributed by atoms with van der Waals surface area (Å²) in [4.78, 5) is 4.02. The van der Waals surface area contributed by atoms with E-state index < -0.39 is 0 Å². The average Bonchev–Trinajstić information content (AvgIpc) is 2.80. The van der Waals surface area contributed by atoms with Gasteiger partial charge in [-0.1, -0.05) is 30.3 Å². The molecule has 1 N–H and O–H groups in total. The van der Waals surface area contributed by atoms with E-state index in [0.29, 0.717) is 6.54 Å². The lowest BCUT2D eigenvalue weighted by atomic mass is 10.1. The zero-order valence-electron chi connectivity index (χ0n) is 7.93. The molecule has 0 fully saturated rings. The molecule has 2 rings (SSSR count). The Kier molecular flexibility index (Phi) is 3.53. The molecule has 5 heteroatoms. The molecule has 0 spiro atoms. The third-order valence-electron chi connectivity index (χ3n) is 1.96. The number of benzene rings is 1. The largest absolute Gasteiger partial charge is 0.358 e. The summed E-state index contributed by atoms with van der Waals surface area (Å²) in [5, 5.41) is 3.89. The molecule has 0 saturated carbocycles. The van der Waals surface area contributed by atoms with Crippen LogP contribution in [0.3, 0.4) is 0 Å². The molecule has 15 heavy (non-hydrogen) atoms. The van der Waals surface area contributed by atoms with E-state index in [1.54, 1.807) is 0 Å². The summed E-state index contributed by atoms with van der Waals surface area (Å²) in [6.45, 7) is 0.654. The molecule has 1 heterocycles. The molecule has 1 unspecified atom stereocenters. The first-order chi connectivity index (χ1) is 7.36. The van der Waals surface area contributed by atoms with Gasteiger partial charge in [-0.05, 0) is 5.56 Å². The van der Waals surface area contributed by atoms with Gasteiger partial charge in [0.2, 0.25) is 5.13 Å². The van der Waals surface area contributed by atoms with Gasteiger partial charge in [0.25, 0.3) is 0 Å². The molecule has 0 saturated heterocycles. The number of alkyl halides is 1. The first kappa shape index (κ1) is 10.4. The Morgan fingerprint density at radius 2 is 2.13 bits per heavy atom. The average molecular weight is 240 g/mol. The Morgan fingerprint density at radius 3 is 2.80 bits per heavy atom. The van der Waals surface area contributed by atoms with Crippen molar-refractivity contribution in [3.05, 3.63) is 42.2 Å². The second-order valence-corrected chi connectivity index (χ2v) is 4.31. The lowest BCUT2D eigenvalue weighted by Crippen LogP contribution is -2.07. The van der Waals surface area contributed by atoms with Gasteiger partial charge in [0.1, 0.15) is 6.33 Å². The molecule has 0 bridgehead atoms. The van der Waals surface area contributed by atoms with Crippen LogP contribution in [-0.2, 0) is 0 Å². The number of rotatable bonds is 4. The molecule has 1 aromatic heterocycles. The quantitative estimate of drug-likeness (QED) is 0.834. The Bertz CT molecular complexity index is 390. The second kappa shape index (κ2) is 5.09. The highest BCUT2D eigenvalue weighted by molar-refractivity contribution is 7.09. The van der Waals surface area contributed by atoms with Gasteiger partial charge in [0.05, 0.1) is 5.38 Å². The Balaban J connectivity index is 1.90. The van der Waals surface area contributed by atoms with E-state index in [-0.39, 0.29) is 5.38 Å². The summed E-state index contributed by atoms with van der Waals surface area (Å²) in [6.07, 6.45) is 1.53. The van der Waals surface area contributed by atoms with Gasteiger partial charge in [-0.3, -0.25) is 0 Å². The van der Waals surface area contributed by atoms with Crippen LogP contribution in [0.15, 0.2) is 36.7 Å².